The molecule has 0 radical (unpaired) electrons. The lowest BCUT2D eigenvalue weighted by molar-refractivity contribution is 0.122. The molecule has 0 bridgehead atoms. The summed E-state index contributed by atoms with van der Waals surface area (Å²) >= 11 is 0. The van der Waals surface area contributed by atoms with Gasteiger partial charge in [0.15, 0.2) is 0 Å². The van der Waals surface area contributed by atoms with E-state index in [1.54, 1.807) is 0 Å². The first-order valence-electron chi connectivity index (χ1n) is 6.20. The highest BCUT2D eigenvalue weighted by atomic mass is 15.3. The van der Waals surface area contributed by atoms with Gasteiger partial charge in [-0.05, 0) is 32.6 Å². The monoisotopic (exact) mass is 234 g/mol. The fraction of sp³-hybridized carbons (Fsp3) is 0.615. The largest absolute Gasteiger partial charge is 0.368 e. The van der Waals surface area contributed by atoms with Gasteiger partial charge in [0.05, 0.1) is 0 Å². The molecule has 1 atom stereocenters. The summed E-state index contributed by atoms with van der Waals surface area (Å²) in [6.07, 6.45) is 1.90. The summed E-state index contributed by atoms with van der Waals surface area (Å²) in [5, 5.41) is 3.41. The molecule has 4 nitrogen and oxygen atoms in total. The van der Waals surface area contributed by atoms with Crippen molar-refractivity contribution >= 4 is 5.82 Å². The van der Waals surface area contributed by atoms with E-state index in [0.717, 1.165) is 32.0 Å². The maximum atomic E-state index is 4.36. The number of aryl methyl sites for hydroxylation is 1. The van der Waals surface area contributed by atoms with Gasteiger partial charge in [0.2, 0.25) is 0 Å². The Bertz CT molecular complexity index is 349. The van der Waals surface area contributed by atoms with Crippen molar-refractivity contribution in [3.05, 3.63) is 23.9 Å². The number of piperazine rings is 1. The van der Waals surface area contributed by atoms with Crippen LogP contribution in [0.1, 0.15) is 5.56 Å². The highest BCUT2D eigenvalue weighted by Crippen LogP contribution is 2.08. The van der Waals surface area contributed by atoms with Crippen LogP contribution < -0.4 is 5.32 Å². The van der Waals surface area contributed by atoms with Gasteiger partial charge in [-0.25, -0.2) is 4.98 Å². The maximum absolute atomic E-state index is 4.36. The summed E-state index contributed by atoms with van der Waals surface area (Å²) in [5.74, 6) is 0.970. The zero-order chi connectivity index (χ0) is 12.3. The Balaban J connectivity index is 1.86. The number of nitrogens with zero attached hydrogens (tertiary/aromatic N) is 3. The average molecular weight is 234 g/mol. The lowest BCUT2D eigenvalue weighted by Crippen LogP contribution is -2.52. The summed E-state index contributed by atoms with van der Waals surface area (Å²) in [4.78, 5) is 9.17. The van der Waals surface area contributed by atoms with Crippen LogP contribution in [0.2, 0.25) is 0 Å². The lowest BCUT2D eigenvalue weighted by Gasteiger charge is -2.37. The van der Waals surface area contributed by atoms with Gasteiger partial charge in [-0.2, -0.15) is 0 Å². The predicted molar refractivity (Wildman–Crippen MR) is 71.4 cm³/mol. The standard InChI is InChI=1S/C13H22N4/c1-11-4-5-13(14-8-11)15-9-12-10-16(2)6-7-17(12)3/h4-5,8,12H,6-7,9-10H2,1-3H3,(H,14,15). The average Bonchev–Trinajstić information content (AvgIpc) is 2.32. The van der Waals surface area contributed by atoms with E-state index in [1.807, 2.05) is 12.3 Å². The minimum atomic E-state index is 0.567. The Hall–Kier alpha value is -1.13. The maximum Gasteiger partial charge on any atom is 0.125 e. The van der Waals surface area contributed by atoms with Gasteiger partial charge in [0, 0.05) is 38.4 Å². The molecule has 1 aliphatic rings. The fourth-order valence-corrected chi connectivity index (χ4v) is 2.12. The van der Waals surface area contributed by atoms with Crippen LogP contribution in [0, 0.1) is 6.92 Å². The molecule has 0 amide bonds. The minimum absolute atomic E-state index is 0.567. The Kier molecular flexibility index (Phi) is 3.97. The van der Waals surface area contributed by atoms with Crippen LogP contribution >= 0.6 is 0 Å². The normalized spacial score (nSPS) is 22.6. The Morgan fingerprint density at radius 2 is 2.18 bits per heavy atom. The number of pyridine rings is 1. The van der Waals surface area contributed by atoms with E-state index in [4.69, 9.17) is 0 Å². The molecule has 2 rings (SSSR count). The number of anilines is 1. The van der Waals surface area contributed by atoms with E-state index >= 15 is 0 Å². The number of hydrogen-bond donors (Lipinski definition) is 1. The molecule has 94 valence electrons. The van der Waals surface area contributed by atoms with Gasteiger partial charge in [-0.3, -0.25) is 4.90 Å². The van der Waals surface area contributed by atoms with Crippen molar-refractivity contribution in [3.8, 4) is 0 Å². The number of hydrogen-bond acceptors (Lipinski definition) is 4. The summed E-state index contributed by atoms with van der Waals surface area (Å²) in [5.41, 5.74) is 1.20. The molecule has 1 fully saturated rings. The van der Waals surface area contributed by atoms with E-state index in [2.05, 4.69) is 47.2 Å². The summed E-state index contributed by atoms with van der Waals surface area (Å²) < 4.78 is 0. The topological polar surface area (TPSA) is 31.4 Å². The van der Waals surface area contributed by atoms with Crippen LogP contribution in [0.5, 0.6) is 0 Å². The van der Waals surface area contributed by atoms with E-state index in [0.29, 0.717) is 6.04 Å². The van der Waals surface area contributed by atoms with E-state index in [9.17, 15) is 0 Å². The summed E-state index contributed by atoms with van der Waals surface area (Å²) in [6, 6.07) is 4.70. The third-order valence-electron chi connectivity index (χ3n) is 3.41. The second-order valence-corrected chi connectivity index (χ2v) is 5.00. The molecule has 0 spiro atoms. The summed E-state index contributed by atoms with van der Waals surface area (Å²) in [7, 11) is 4.38. The first-order chi connectivity index (χ1) is 8.15. The Morgan fingerprint density at radius 3 is 2.88 bits per heavy atom. The second kappa shape index (κ2) is 5.47. The molecule has 0 aromatic carbocycles. The molecule has 0 aliphatic carbocycles. The molecule has 0 saturated carbocycles. The SMILES string of the molecule is Cc1ccc(NCC2CN(C)CCN2C)nc1. The van der Waals surface area contributed by atoms with Crippen molar-refractivity contribution in [1.82, 2.24) is 14.8 Å². The third kappa shape index (κ3) is 3.41. The van der Waals surface area contributed by atoms with E-state index in [1.165, 1.54) is 5.56 Å². The van der Waals surface area contributed by atoms with E-state index < -0.39 is 0 Å². The van der Waals surface area contributed by atoms with Crippen LogP contribution in [0.4, 0.5) is 5.82 Å². The quantitative estimate of drug-likeness (QED) is 0.847. The highest BCUT2D eigenvalue weighted by molar-refractivity contribution is 5.35. The first-order valence-corrected chi connectivity index (χ1v) is 6.20. The molecule has 1 saturated heterocycles. The van der Waals surface area contributed by atoms with Crippen LogP contribution in [-0.2, 0) is 0 Å². The number of aromatic nitrogens is 1. The second-order valence-electron chi connectivity index (χ2n) is 5.00. The molecule has 1 unspecified atom stereocenters. The van der Waals surface area contributed by atoms with E-state index in [-0.39, 0.29) is 0 Å². The van der Waals surface area contributed by atoms with Gasteiger partial charge >= 0.3 is 0 Å². The Morgan fingerprint density at radius 1 is 1.35 bits per heavy atom. The van der Waals surface area contributed by atoms with Gasteiger partial charge < -0.3 is 10.2 Å². The van der Waals surface area contributed by atoms with Crippen LogP contribution in [-0.4, -0.2) is 61.1 Å². The van der Waals surface area contributed by atoms with Gasteiger partial charge in [0.25, 0.3) is 0 Å². The third-order valence-corrected chi connectivity index (χ3v) is 3.41. The van der Waals surface area contributed by atoms with Gasteiger partial charge in [0.1, 0.15) is 5.82 Å². The fourth-order valence-electron chi connectivity index (χ4n) is 2.12. The molecule has 17 heavy (non-hydrogen) atoms. The molecular weight excluding hydrogens is 212 g/mol. The highest BCUT2D eigenvalue weighted by Gasteiger charge is 2.21. The van der Waals surface area contributed by atoms with Crippen molar-refractivity contribution in [2.24, 2.45) is 0 Å². The zero-order valence-corrected chi connectivity index (χ0v) is 11.0. The molecule has 1 aromatic rings. The number of likely N-dealkylation sites (N-methyl/N-ethyl adjacent to an activating group) is 2. The van der Waals surface area contributed by atoms with Crippen molar-refractivity contribution in [1.29, 1.82) is 0 Å². The molecule has 1 aliphatic heterocycles. The molecule has 2 heterocycles. The molecule has 1 aromatic heterocycles. The van der Waals surface area contributed by atoms with Gasteiger partial charge in [-0.1, -0.05) is 6.07 Å². The van der Waals surface area contributed by atoms with Crippen LogP contribution in [0.25, 0.3) is 0 Å². The van der Waals surface area contributed by atoms with Crippen molar-refractivity contribution < 1.29 is 0 Å². The zero-order valence-electron chi connectivity index (χ0n) is 11.0. The van der Waals surface area contributed by atoms with Crippen molar-refractivity contribution in [3.63, 3.8) is 0 Å². The summed E-state index contributed by atoms with van der Waals surface area (Å²) in [6.45, 7) is 6.44. The molecular formula is C13H22N4. The lowest BCUT2D eigenvalue weighted by atomic mass is 10.2. The Labute approximate surface area is 104 Å². The molecule has 4 heteroatoms. The number of nitrogens with one attached hydrogen (secondary N) is 1. The van der Waals surface area contributed by atoms with Crippen LogP contribution in [0.15, 0.2) is 18.3 Å². The van der Waals surface area contributed by atoms with Crippen LogP contribution in [0.3, 0.4) is 0 Å². The van der Waals surface area contributed by atoms with Crippen molar-refractivity contribution in [2.45, 2.75) is 13.0 Å². The number of rotatable bonds is 3. The van der Waals surface area contributed by atoms with Gasteiger partial charge in [-0.15, -0.1) is 0 Å². The first kappa shape index (κ1) is 12.3. The minimum Gasteiger partial charge on any atom is -0.368 e. The van der Waals surface area contributed by atoms with Crippen molar-refractivity contribution in [2.75, 3.05) is 45.6 Å². The predicted octanol–water partition coefficient (Wildman–Crippen LogP) is 1.05. The molecule has 1 N–H and O–H groups in total. The smallest absolute Gasteiger partial charge is 0.125 e.